The van der Waals surface area contributed by atoms with Gasteiger partial charge in [0.1, 0.15) is 0 Å². The molecule has 5 nitrogen and oxygen atoms in total. The van der Waals surface area contributed by atoms with E-state index in [1.165, 1.54) is 4.52 Å². The van der Waals surface area contributed by atoms with Gasteiger partial charge in [0.05, 0.1) is 0 Å². The van der Waals surface area contributed by atoms with Crippen LogP contribution in [0, 0.1) is 6.92 Å². The molecule has 2 heterocycles. The van der Waals surface area contributed by atoms with E-state index in [0.29, 0.717) is 11.5 Å². The molecule has 0 aliphatic heterocycles. The lowest BCUT2D eigenvalue weighted by atomic mass is 10.2. The van der Waals surface area contributed by atoms with Gasteiger partial charge < -0.3 is 5.11 Å². The van der Waals surface area contributed by atoms with Gasteiger partial charge >= 0.3 is 5.97 Å². The van der Waals surface area contributed by atoms with Gasteiger partial charge in [0.2, 0.25) is 0 Å². The third-order valence-electron chi connectivity index (χ3n) is 2.33. The van der Waals surface area contributed by atoms with E-state index in [4.69, 9.17) is 5.11 Å². The SMILES string of the molecule is Cc1cc(C(=O)O)n2nc(C(C)C)nc2c1. The zero-order chi connectivity index (χ0) is 11.9. The number of fused-ring (bicyclic) bond motifs is 1. The fourth-order valence-electron chi connectivity index (χ4n) is 1.53. The van der Waals surface area contributed by atoms with E-state index in [0.717, 1.165) is 5.56 Å². The molecular formula is C11H13N3O2. The summed E-state index contributed by atoms with van der Waals surface area (Å²) in [6, 6.07) is 3.42. The maximum Gasteiger partial charge on any atom is 0.354 e. The van der Waals surface area contributed by atoms with Gasteiger partial charge in [0.25, 0.3) is 0 Å². The number of aromatic carboxylic acids is 1. The Bertz CT molecular complexity index is 558. The molecule has 0 atom stereocenters. The summed E-state index contributed by atoms with van der Waals surface area (Å²) >= 11 is 0. The molecule has 16 heavy (non-hydrogen) atoms. The van der Waals surface area contributed by atoms with Crippen LogP contribution in [0.3, 0.4) is 0 Å². The lowest BCUT2D eigenvalue weighted by Crippen LogP contribution is -2.07. The minimum Gasteiger partial charge on any atom is -0.477 e. The summed E-state index contributed by atoms with van der Waals surface area (Å²) in [7, 11) is 0. The van der Waals surface area contributed by atoms with E-state index >= 15 is 0 Å². The monoisotopic (exact) mass is 219 g/mol. The second-order valence-electron chi connectivity index (χ2n) is 4.12. The van der Waals surface area contributed by atoms with E-state index in [2.05, 4.69) is 10.1 Å². The molecule has 0 fully saturated rings. The van der Waals surface area contributed by atoms with E-state index in [-0.39, 0.29) is 11.6 Å². The van der Waals surface area contributed by atoms with Crippen LogP contribution in [0.1, 0.15) is 41.6 Å². The molecule has 0 spiro atoms. The van der Waals surface area contributed by atoms with Crippen LogP contribution in [-0.2, 0) is 0 Å². The number of aromatic nitrogens is 3. The van der Waals surface area contributed by atoms with Crippen molar-refractivity contribution in [2.24, 2.45) is 0 Å². The quantitative estimate of drug-likeness (QED) is 0.837. The van der Waals surface area contributed by atoms with Crippen molar-refractivity contribution in [2.75, 3.05) is 0 Å². The number of carboxylic acids is 1. The van der Waals surface area contributed by atoms with Crippen molar-refractivity contribution in [1.29, 1.82) is 0 Å². The van der Waals surface area contributed by atoms with Gasteiger partial charge in [-0.25, -0.2) is 14.3 Å². The van der Waals surface area contributed by atoms with Crippen LogP contribution in [0.5, 0.6) is 0 Å². The van der Waals surface area contributed by atoms with E-state index in [1.54, 1.807) is 6.07 Å². The number of rotatable bonds is 2. The predicted octanol–water partition coefficient (Wildman–Crippen LogP) is 1.86. The number of hydrogen-bond donors (Lipinski definition) is 1. The summed E-state index contributed by atoms with van der Waals surface area (Å²) in [4.78, 5) is 15.4. The summed E-state index contributed by atoms with van der Waals surface area (Å²) in [5.74, 6) is -0.149. The molecule has 0 aromatic carbocycles. The number of carboxylic acid groups (broad SMARTS) is 1. The zero-order valence-corrected chi connectivity index (χ0v) is 9.43. The third kappa shape index (κ3) is 1.64. The molecule has 0 amide bonds. The van der Waals surface area contributed by atoms with Gasteiger partial charge in [-0.05, 0) is 24.6 Å². The average molecular weight is 219 g/mol. The molecule has 1 N–H and O–H groups in total. The van der Waals surface area contributed by atoms with Crippen LogP contribution < -0.4 is 0 Å². The lowest BCUT2D eigenvalue weighted by Gasteiger charge is -1.99. The van der Waals surface area contributed by atoms with Crippen molar-refractivity contribution in [2.45, 2.75) is 26.7 Å². The van der Waals surface area contributed by atoms with Crippen LogP contribution in [0.4, 0.5) is 0 Å². The second-order valence-corrected chi connectivity index (χ2v) is 4.12. The molecule has 2 rings (SSSR count). The molecule has 0 aliphatic rings. The number of pyridine rings is 1. The van der Waals surface area contributed by atoms with Gasteiger partial charge in [-0.2, -0.15) is 5.10 Å². The van der Waals surface area contributed by atoms with Gasteiger partial charge in [-0.1, -0.05) is 13.8 Å². The third-order valence-corrected chi connectivity index (χ3v) is 2.33. The minimum absolute atomic E-state index is 0.148. The maximum absolute atomic E-state index is 11.1. The number of aryl methyl sites for hydroxylation is 1. The van der Waals surface area contributed by atoms with Crippen molar-refractivity contribution in [3.05, 3.63) is 29.2 Å². The normalized spacial score (nSPS) is 11.2. The van der Waals surface area contributed by atoms with E-state index < -0.39 is 5.97 Å². The van der Waals surface area contributed by atoms with Crippen LogP contribution in [0.25, 0.3) is 5.65 Å². The smallest absolute Gasteiger partial charge is 0.354 e. The van der Waals surface area contributed by atoms with Crippen LogP contribution in [0.2, 0.25) is 0 Å². The molecule has 0 saturated carbocycles. The number of carbonyl (C=O) groups is 1. The van der Waals surface area contributed by atoms with Gasteiger partial charge in [-0.15, -0.1) is 0 Å². The first-order chi connectivity index (χ1) is 7.49. The summed E-state index contributed by atoms with van der Waals surface area (Å²) < 4.78 is 1.38. The minimum atomic E-state index is -0.992. The molecule has 0 bridgehead atoms. The van der Waals surface area contributed by atoms with Crippen LogP contribution in [-0.4, -0.2) is 25.7 Å². The summed E-state index contributed by atoms with van der Waals surface area (Å²) in [6.07, 6.45) is 0. The zero-order valence-electron chi connectivity index (χ0n) is 9.43. The molecule has 5 heteroatoms. The van der Waals surface area contributed by atoms with Crippen molar-refractivity contribution < 1.29 is 9.90 Å². The Hall–Kier alpha value is -1.91. The largest absolute Gasteiger partial charge is 0.477 e. The summed E-state index contributed by atoms with van der Waals surface area (Å²) in [5.41, 5.74) is 1.60. The Morgan fingerprint density at radius 1 is 1.44 bits per heavy atom. The Balaban J connectivity index is 2.75. The first-order valence-electron chi connectivity index (χ1n) is 5.09. The topological polar surface area (TPSA) is 67.5 Å². The Labute approximate surface area is 92.7 Å². The average Bonchev–Trinajstić information content (AvgIpc) is 2.59. The molecule has 84 valence electrons. The van der Waals surface area contributed by atoms with Crippen LogP contribution >= 0.6 is 0 Å². The Morgan fingerprint density at radius 2 is 2.12 bits per heavy atom. The summed E-state index contributed by atoms with van der Waals surface area (Å²) in [5, 5.41) is 13.3. The van der Waals surface area contributed by atoms with Crippen molar-refractivity contribution in [1.82, 2.24) is 14.6 Å². The molecule has 0 radical (unpaired) electrons. The van der Waals surface area contributed by atoms with E-state index in [1.807, 2.05) is 26.8 Å². The van der Waals surface area contributed by atoms with Gasteiger partial charge in [-0.3, -0.25) is 0 Å². The van der Waals surface area contributed by atoms with E-state index in [9.17, 15) is 4.79 Å². The fourth-order valence-corrected chi connectivity index (χ4v) is 1.53. The first kappa shape index (κ1) is 10.6. The van der Waals surface area contributed by atoms with Crippen molar-refractivity contribution in [3.8, 4) is 0 Å². The Kier molecular flexibility index (Phi) is 2.38. The molecule has 0 aliphatic carbocycles. The summed E-state index contributed by atoms with van der Waals surface area (Å²) in [6.45, 7) is 5.79. The highest BCUT2D eigenvalue weighted by molar-refractivity contribution is 5.86. The van der Waals surface area contributed by atoms with Crippen LogP contribution in [0.15, 0.2) is 12.1 Å². The number of nitrogens with zero attached hydrogens (tertiary/aromatic N) is 3. The molecule has 0 unspecified atom stereocenters. The lowest BCUT2D eigenvalue weighted by molar-refractivity contribution is 0.0687. The molecular weight excluding hydrogens is 206 g/mol. The first-order valence-corrected chi connectivity index (χ1v) is 5.09. The van der Waals surface area contributed by atoms with Crippen molar-refractivity contribution >= 4 is 11.6 Å². The fraction of sp³-hybridized carbons (Fsp3) is 0.364. The molecule has 0 saturated heterocycles. The highest BCUT2D eigenvalue weighted by Crippen LogP contribution is 2.14. The highest BCUT2D eigenvalue weighted by Gasteiger charge is 2.14. The number of hydrogen-bond acceptors (Lipinski definition) is 3. The Morgan fingerprint density at radius 3 is 2.69 bits per heavy atom. The van der Waals surface area contributed by atoms with Gasteiger partial charge in [0, 0.05) is 5.92 Å². The molecule has 2 aromatic heterocycles. The second kappa shape index (κ2) is 3.59. The standard InChI is InChI=1S/C11H13N3O2/c1-6(2)10-12-9-5-7(3)4-8(11(15)16)14(9)13-10/h4-6H,1-3H3,(H,15,16). The van der Waals surface area contributed by atoms with Crippen molar-refractivity contribution in [3.63, 3.8) is 0 Å². The molecule has 2 aromatic rings. The van der Waals surface area contributed by atoms with Gasteiger partial charge in [0.15, 0.2) is 17.2 Å². The maximum atomic E-state index is 11.1. The predicted molar refractivity (Wildman–Crippen MR) is 58.8 cm³/mol. The highest BCUT2D eigenvalue weighted by atomic mass is 16.4.